The average molecular weight is 448 g/mol. The van der Waals surface area contributed by atoms with E-state index in [4.69, 9.17) is 17.0 Å². The van der Waals surface area contributed by atoms with E-state index in [0.29, 0.717) is 33.4 Å². The number of para-hydroxylation sites is 2. The lowest BCUT2D eigenvalue weighted by Gasteiger charge is -2.39. The Morgan fingerprint density at radius 2 is 1.81 bits per heavy atom. The highest BCUT2D eigenvalue weighted by molar-refractivity contribution is 7.80. The van der Waals surface area contributed by atoms with E-state index >= 15 is 0 Å². The first-order valence-electron chi connectivity index (χ1n) is 9.45. The van der Waals surface area contributed by atoms with Crippen molar-refractivity contribution in [2.24, 2.45) is 0 Å². The monoisotopic (exact) mass is 447 g/mol. The molecule has 2 aromatic carbocycles. The normalized spacial score (nSPS) is 16.3. The minimum absolute atomic E-state index is 0.0361. The summed E-state index contributed by atoms with van der Waals surface area (Å²) in [4.78, 5) is 16.4. The third-order valence-electron chi connectivity index (χ3n) is 4.89. The van der Waals surface area contributed by atoms with Crippen molar-refractivity contribution in [3.63, 3.8) is 0 Å². The summed E-state index contributed by atoms with van der Waals surface area (Å²) in [5.74, 6) is 0.439. The third-order valence-corrected chi connectivity index (χ3v) is 5.19. The zero-order valence-corrected chi connectivity index (χ0v) is 18.4. The average Bonchev–Trinajstić information content (AvgIpc) is 2.73. The standard InChI is InChI=1S/C22H23F2N3O3S/c1-13-18(20(28)26(2)3)19(14-9-11-15(12-10-14)30-21(23)24)25-22(31)27(13)16-7-5-6-8-17(16)29-4/h5-12,19,21H,1-4H3,(H,25,31)/t19-/m1/s1. The van der Waals surface area contributed by atoms with Crippen LogP contribution in [0.1, 0.15) is 18.5 Å². The number of hydrogen-bond donors (Lipinski definition) is 1. The second kappa shape index (κ2) is 9.30. The number of nitrogens with zero attached hydrogens (tertiary/aromatic N) is 2. The molecule has 1 heterocycles. The van der Waals surface area contributed by atoms with Gasteiger partial charge in [0.1, 0.15) is 11.5 Å². The van der Waals surface area contributed by atoms with Crippen molar-refractivity contribution in [1.82, 2.24) is 10.2 Å². The quantitative estimate of drug-likeness (QED) is 0.673. The molecular weight excluding hydrogens is 424 g/mol. The van der Waals surface area contributed by atoms with Crippen molar-refractivity contribution < 1.29 is 23.0 Å². The first kappa shape index (κ1) is 22.5. The van der Waals surface area contributed by atoms with Gasteiger partial charge in [0.25, 0.3) is 5.91 Å². The van der Waals surface area contributed by atoms with E-state index < -0.39 is 12.7 Å². The van der Waals surface area contributed by atoms with Gasteiger partial charge in [-0.2, -0.15) is 8.78 Å². The van der Waals surface area contributed by atoms with Crippen LogP contribution in [0.2, 0.25) is 0 Å². The minimum atomic E-state index is -2.91. The number of methoxy groups -OCH3 is 1. The molecule has 0 unspecified atom stereocenters. The van der Waals surface area contributed by atoms with E-state index in [1.54, 1.807) is 38.2 Å². The largest absolute Gasteiger partial charge is 0.495 e. The number of anilines is 1. The lowest BCUT2D eigenvalue weighted by Crippen LogP contribution is -2.49. The van der Waals surface area contributed by atoms with E-state index in [2.05, 4.69) is 10.1 Å². The number of allylic oxidation sites excluding steroid dienone is 1. The number of rotatable bonds is 6. The van der Waals surface area contributed by atoms with Gasteiger partial charge in [0, 0.05) is 19.8 Å². The zero-order chi connectivity index (χ0) is 22.7. The second-order valence-corrected chi connectivity index (χ2v) is 7.42. The first-order valence-corrected chi connectivity index (χ1v) is 9.86. The van der Waals surface area contributed by atoms with Crippen molar-refractivity contribution in [3.8, 4) is 11.5 Å². The van der Waals surface area contributed by atoms with Crippen LogP contribution in [0.25, 0.3) is 0 Å². The van der Waals surface area contributed by atoms with Crippen LogP contribution in [-0.2, 0) is 4.79 Å². The summed E-state index contributed by atoms with van der Waals surface area (Å²) in [6, 6.07) is 12.9. The maximum Gasteiger partial charge on any atom is 0.387 e. The molecule has 0 fully saturated rings. The molecule has 3 rings (SSSR count). The fraction of sp³-hybridized carbons (Fsp3) is 0.273. The number of alkyl halides is 2. The number of nitrogens with one attached hydrogen (secondary N) is 1. The van der Waals surface area contributed by atoms with Crippen molar-refractivity contribution >= 4 is 28.9 Å². The summed E-state index contributed by atoms with van der Waals surface area (Å²) in [5.41, 5.74) is 2.51. The molecule has 164 valence electrons. The predicted molar refractivity (Wildman–Crippen MR) is 118 cm³/mol. The molecule has 1 N–H and O–H groups in total. The molecule has 9 heteroatoms. The Morgan fingerprint density at radius 3 is 2.39 bits per heavy atom. The van der Waals surface area contributed by atoms with E-state index in [1.807, 2.05) is 31.2 Å². The highest BCUT2D eigenvalue weighted by atomic mass is 32.1. The molecule has 6 nitrogen and oxygen atoms in total. The number of hydrogen-bond acceptors (Lipinski definition) is 4. The van der Waals surface area contributed by atoms with Crippen LogP contribution in [0.5, 0.6) is 11.5 Å². The molecule has 0 radical (unpaired) electrons. The van der Waals surface area contributed by atoms with Gasteiger partial charge in [-0.15, -0.1) is 0 Å². The maximum atomic E-state index is 13.1. The van der Waals surface area contributed by atoms with E-state index in [0.717, 1.165) is 0 Å². The zero-order valence-electron chi connectivity index (χ0n) is 17.6. The number of carbonyl (C=O) groups excluding carboxylic acids is 1. The molecule has 0 saturated carbocycles. The van der Waals surface area contributed by atoms with Crippen LogP contribution in [-0.4, -0.2) is 43.7 Å². The summed E-state index contributed by atoms with van der Waals surface area (Å²) < 4.78 is 34.8. The number of likely N-dealkylation sites (N-methyl/N-ethyl adjacent to an activating group) is 1. The predicted octanol–water partition coefficient (Wildman–Crippen LogP) is 4.09. The van der Waals surface area contributed by atoms with Gasteiger partial charge >= 0.3 is 6.61 Å². The number of benzene rings is 2. The highest BCUT2D eigenvalue weighted by Gasteiger charge is 2.36. The molecule has 1 amide bonds. The van der Waals surface area contributed by atoms with Crippen molar-refractivity contribution in [2.45, 2.75) is 19.6 Å². The molecule has 0 bridgehead atoms. The Hall–Kier alpha value is -3.20. The van der Waals surface area contributed by atoms with Crippen LogP contribution in [0.15, 0.2) is 59.8 Å². The topological polar surface area (TPSA) is 54.0 Å². The van der Waals surface area contributed by atoms with Gasteiger partial charge in [-0.3, -0.25) is 9.69 Å². The van der Waals surface area contributed by atoms with Crippen LogP contribution < -0.4 is 19.7 Å². The summed E-state index contributed by atoms with van der Waals surface area (Å²) in [5, 5.41) is 3.60. The Kier molecular flexibility index (Phi) is 6.74. The number of halogens is 2. The van der Waals surface area contributed by atoms with Crippen LogP contribution in [0.3, 0.4) is 0 Å². The van der Waals surface area contributed by atoms with Crippen molar-refractivity contribution in [3.05, 3.63) is 65.4 Å². The molecule has 0 spiro atoms. The summed E-state index contributed by atoms with van der Waals surface area (Å²) >= 11 is 5.64. The number of ether oxygens (including phenoxy) is 2. The maximum absolute atomic E-state index is 13.1. The molecule has 0 aliphatic carbocycles. The van der Waals surface area contributed by atoms with Gasteiger partial charge in [-0.1, -0.05) is 24.3 Å². The lowest BCUT2D eigenvalue weighted by atomic mass is 9.93. The van der Waals surface area contributed by atoms with Gasteiger partial charge in [0.2, 0.25) is 0 Å². The fourth-order valence-electron chi connectivity index (χ4n) is 3.46. The number of carbonyl (C=O) groups is 1. The SMILES string of the molecule is COc1ccccc1N1C(=S)N[C@H](c2ccc(OC(F)F)cc2)C(C(=O)N(C)C)=C1C. The smallest absolute Gasteiger partial charge is 0.387 e. The molecule has 1 aliphatic heterocycles. The second-order valence-electron chi connectivity index (χ2n) is 7.04. The highest BCUT2D eigenvalue weighted by Crippen LogP contribution is 2.38. The van der Waals surface area contributed by atoms with Gasteiger partial charge in [0.05, 0.1) is 24.4 Å². The molecule has 31 heavy (non-hydrogen) atoms. The van der Waals surface area contributed by atoms with Gasteiger partial charge in [-0.05, 0) is 49.0 Å². The van der Waals surface area contributed by atoms with Crippen molar-refractivity contribution in [1.29, 1.82) is 0 Å². The van der Waals surface area contributed by atoms with Crippen LogP contribution >= 0.6 is 12.2 Å². The first-order chi connectivity index (χ1) is 14.7. The minimum Gasteiger partial charge on any atom is -0.495 e. The molecule has 1 aliphatic rings. The number of thiocarbonyl (C=S) groups is 1. The molecule has 1 atom stereocenters. The summed E-state index contributed by atoms with van der Waals surface area (Å²) in [6.45, 7) is -1.09. The number of amides is 1. The van der Waals surface area contributed by atoms with E-state index in [1.165, 1.54) is 17.0 Å². The Morgan fingerprint density at radius 1 is 1.16 bits per heavy atom. The molecule has 2 aromatic rings. The Balaban J connectivity index is 2.10. The van der Waals surface area contributed by atoms with Gasteiger partial charge in [0.15, 0.2) is 5.11 Å². The Bertz CT molecular complexity index is 1010. The molecular formula is C22H23F2N3O3S. The van der Waals surface area contributed by atoms with Crippen LogP contribution in [0.4, 0.5) is 14.5 Å². The third kappa shape index (κ3) is 4.61. The summed E-state index contributed by atoms with van der Waals surface area (Å²) in [7, 11) is 4.90. The van der Waals surface area contributed by atoms with Gasteiger partial charge < -0.3 is 19.7 Å². The Labute approximate surface area is 185 Å². The summed E-state index contributed by atoms with van der Waals surface area (Å²) in [6.07, 6.45) is 0. The van der Waals surface area contributed by atoms with Gasteiger partial charge in [-0.25, -0.2) is 0 Å². The van der Waals surface area contributed by atoms with E-state index in [-0.39, 0.29) is 11.7 Å². The van der Waals surface area contributed by atoms with E-state index in [9.17, 15) is 13.6 Å². The van der Waals surface area contributed by atoms with Crippen molar-refractivity contribution in [2.75, 3.05) is 26.1 Å². The molecule has 0 aromatic heterocycles. The lowest BCUT2D eigenvalue weighted by molar-refractivity contribution is -0.125. The van der Waals surface area contributed by atoms with Crippen LogP contribution in [0, 0.1) is 0 Å². The fourth-order valence-corrected chi connectivity index (χ4v) is 3.81. The molecule has 0 saturated heterocycles.